The summed E-state index contributed by atoms with van der Waals surface area (Å²) in [6.07, 6.45) is -1.71. The van der Waals surface area contributed by atoms with Gasteiger partial charge in [0, 0.05) is 6.54 Å². The maximum atomic E-state index is 12.7. The van der Waals surface area contributed by atoms with Gasteiger partial charge < -0.3 is 35.5 Å². The zero-order valence-electron chi connectivity index (χ0n) is 16.8. The summed E-state index contributed by atoms with van der Waals surface area (Å²) >= 11 is 0. The van der Waals surface area contributed by atoms with Crippen molar-refractivity contribution in [1.29, 1.82) is 0 Å². The van der Waals surface area contributed by atoms with Gasteiger partial charge in [0.2, 0.25) is 0 Å². The van der Waals surface area contributed by atoms with Gasteiger partial charge in [-0.3, -0.25) is 9.36 Å². The summed E-state index contributed by atoms with van der Waals surface area (Å²) in [5.41, 5.74) is 6.77. The van der Waals surface area contributed by atoms with Gasteiger partial charge in [-0.25, -0.2) is 15.0 Å². The van der Waals surface area contributed by atoms with Crippen LogP contribution in [0, 0.1) is 0 Å². The number of aliphatic hydroxyl groups excluding tert-OH is 2. The highest BCUT2D eigenvalue weighted by Crippen LogP contribution is 2.33. The zero-order chi connectivity index (χ0) is 22.1. The molecule has 4 atom stereocenters. The number of methoxy groups -OCH3 is 2. The first-order valence-electron chi connectivity index (χ1n) is 9.40. The number of amides is 1. The molecule has 5 N–H and O–H groups in total. The molecule has 0 bridgehead atoms. The monoisotopic (exact) mass is 430 g/mol. The van der Waals surface area contributed by atoms with Crippen LogP contribution in [0.25, 0.3) is 11.2 Å². The summed E-state index contributed by atoms with van der Waals surface area (Å²) in [7, 11) is 2.91. The van der Waals surface area contributed by atoms with Crippen molar-refractivity contribution in [3.05, 3.63) is 36.4 Å². The number of carbonyl (C=O) groups is 1. The number of nitrogens with one attached hydrogen (secondary N) is 1. The van der Waals surface area contributed by atoms with E-state index in [4.69, 9.17) is 19.9 Å². The Labute approximate surface area is 176 Å². The third kappa shape index (κ3) is 3.60. The standard InChI is InChI=1S/C19H22N6O6/c1-29-10-5-3-4-9(15(10)30-2)18(28)21-6-11-13(26)14(27)19(31-11)25-8-24-12-16(20)22-7-23-17(12)25/h3-5,7-8,11,13-14,19,26-27H,6H2,1-2H3,(H,21,28)(H2,20,22,23). The molecule has 0 aliphatic carbocycles. The maximum absolute atomic E-state index is 12.7. The number of aromatic nitrogens is 4. The molecule has 0 saturated carbocycles. The smallest absolute Gasteiger partial charge is 0.255 e. The van der Waals surface area contributed by atoms with Crippen LogP contribution in [-0.2, 0) is 4.74 Å². The average molecular weight is 430 g/mol. The van der Waals surface area contributed by atoms with E-state index in [2.05, 4.69) is 20.3 Å². The average Bonchev–Trinajstić information content (AvgIpc) is 3.33. The van der Waals surface area contributed by atoms with E-state index in [-0.39, 0.29) is 23.7 Å². The highest BCUT2D eigenvalue weighted by Gasteiger charge is 2.44. The second kappa shape index (κ2) is 8.34. The molecule has 4 rings (SSSR count). The van der Waals surface area contributed by atoms with Crippen molar-refractivity contribution in [3.8, 4) is 11.5 Å². The molecule has 4 unspecified atom stereocenters. The molecule has 1 fully saturated rings. The predicted octanol–water partition coefficient (Wildman–Crippen LogP) is -0.525. The number of hydrogen-bond acceptors (Lipinski definition) is 10. The fourth-order valence-corrected chi connectivity index (χ4v) is 3.54. The summed E-state index contributed by atoms with van der Waals surface area (Å²) in [4.78, 5) is 24.8. The Bertz CT molecular complexity index is 1100. The molecule has 0 spiro atoms. The molecule has 0 radical (unpaired) electrons. The second-order valence-electron chi connectivity index (χ2n) is 6.88. The van der Waals surface area contributed by atoms with Crippen molar-refractivity contribution in [2.75, 3.05) is 26.5 Å². The van der Waals surface area contributed by atoms with Gasteiger partial charge >= 0.3 is 0 Å². The number of benzene rings is 1. The van der Waals surface area contributed by atoms with Crippen molar-refractivity contribution in [1.82, 2.24) is 24.8 Å². The molecule has 164 valence electrons. The van der Waals surface area contributed by atoms with Gasteiger partial charge in [0.1, 0.15) is 30.2 Å². The minimum atomic E-state index is -1.28. The van der Waals surface area contributed by atoms with Crippen molar-refractivity contribution < 1.29 is 29.2 Å². The number of carbonyl (C=O) groups excluding carboxylic acids is 1. The molecule has 2 aromatic heterocycles. The number of ether oxygens (including phenoxy) is 3. The molecule has 3 aromatic rings. The number of fused-ring (bicyclic) bond motifs is 1. The van der Waals surface area contributed by atoms with Gasteiger partial charge in [-0.1, -0.05) is 6.07 Å². The first kappa shape index (κ1) is 20.8. The molecule has 1 amide bonds. The van der Waals surface area contributed by atoms with E-state index < -0.39 is 30.4 Å². The molecule has 12 heteroatoms. The van der Waals surface area contributed by atoms with Crippen molar-refractivity contribution in [3.63, 3.8) is 0 Å². The Morgan fingerprint density at radius 3 is 2.77 bits per heavy atom. The molecule has 1 saturated heterocycles. The first-order chi connectivity index (χ1) is 15.0. The summed E-state index contributed by atoms with van der Waals surface area (Å²) in [5, 5.41) is 23.7. The Kier molecular flexibility index (Phi) is 5.59. The Hall–Kier alpha value is -3.48. The molecule has 3 heterocycles. The van der Waals surface area contributed by atoms with Crippen LogP contribution in [0.4, 0.5) is 5.82 Å². The number of hydrogen-bond donors (Lipinski definition) is 4. The maximum Gasteiger partial charge on any atom is 0.255 e. The third-order valence-electron chi connectivity index (χ3n) is 5.11. The molecular weight excluding hydrogens is 408 g/mol. The fourth-order valence-electron chi connectivity index (χ4n) is 3.54. The number of anilines is 1. The van der Waals surface area contributed by atoms with Gasteiger partial charge in [-0.15, -0.1) is 0 Å². The van der Waals surface area contributed by atoms with Crippen LogP contribution in [0.2, 0.25) is 0 Å². The van der Waals surface area contributed by atoms with Crippen LogP contribution in [0.3, 0.4) is 0 Å². The molecular formula is C19H22N6O6. The van der Waals surface area contributed by atoms with Gasteiger partial charge in [-0.2, -0.15) is 0 Å². The normalized spacial score (nSPS) is 23.1. The molecule has 1 aliphatic heterocycles. The fraction of sp³-hybridized carbons (Fsp3) is 0.368. The quantitative estimate of drug-likeness (QED) is 0.399. The summed E-state index contributed by atoms with van der Waals surface area (Å²) in [6.45, 7) is -0.0579. The Morgan fingerprint density at radius 2 is 2.03 bits per heavy atom. The molecule has 1 aromatic carbocycles. The van der Waals surface area contributed by atoms with Gasteiger partial charge in [0.25, 0.3) is 5.91 Å². The number of aliphatic hydroxyl groups is 2. The van der Waals surface area contributed by atoms with Gasteiger partial charge in [-0.05, 0) is 12.1 Å². The lowest BCUT2D eigenvalue weighted by Gasteiger charge is -2.17. The lowest BCUT2D eigenvalue weighted by Crippen LogP contribution is -2.39. The summed E-state index contributed by atoms with van der Waals surface area (Å²) in [6, 6.07) is 4.92. The van der Waals surface area contributed by atoms with E-state index in [0.717, 1.165) is 0 Å². The predicted molar refractivity (Wildman–Crippen MR) is 108 cm³/mol. The SMILES string of the molecule is COc1cccc(C(=O)NCC2OC(n3cnc4c(N)ncnc43)C(O)C2O)c1OC. The van der Waals surface area contributed by atoms with Crippen LogP contribution in [0.5, 0.6) is 11.5 Å². The van der Waals surface area contributed by atoms with Gasteiger partial charge in [0.15, 0.2) is 29.2 Å². The van der Waals surface area contributed by atoms with Crippen LogP contribution >= 0.6 is 0 Å². The van der Waals surface area contributed by atoms with E-state index in [9.17, 15) is 15.0 Å². The summed E-state index contributed by atoms with van der Waals surface area (Å²) < 4.78 is 17.8. The number of nitrogens with two attached hydrogens (primary N) is 1. The van der Waals surface area contributed by atoms with Crippen LogP contribution in [0.15, 0.2) is 30.9 Å². The van der Waals surface area contributed by atoms with E-state index in [0.29, 0.717) is 16.9 Å². The second-order valence-corrected chi connectivity index (χ2v) is 6.88. The molecule has 1 aliphatic rings. The number of nitrogens with zero attached hydrogens (tertiary/aromatic N) is 4. The minimum Gasteiger partial charge on any atom is -0.493 e. The Morgan fingerprint density at radius 1 is 1.23 bits per heavy atom. The van der Waals surface area contributed by atoms with E-state index in [1.807, 2.05) is 0 Å². The third-order valence-corrected chi connectivity index (χ3v) is 5.11. The highest BCUT2D eigenvalue weighted by atomic mass is 16.6. The first-order valence-corrected chi connectivity index (χ1v) is 9.40. The number of para-hydroxylation sites is 1. The molecule has 31 heavy (non-hydrogen) atoms. The van der Waals surface area contributed by atoms with Crippen LogP contribution in [0.1, 0.15) is 16.6 Å². The number of nitrogen functional groups attached to an aromatic ring is 1. The Balaban J connectivity index is 1.49. The van der Waals surface area contributed by atoms with Crippen molar-refractivity contribution >= 4 is 22.9 Å². The lowest BCUT2D eigenvalue weighted by atomic mass is 10.1. The van der Waals surface area contributed by atoms with E-state index in [1.165, 1.54) is 31.4 Å². The molecule has 12 nitrogen and oxygen atoms in total. The lowest BCUT2D eigenvalue weighted by molar-refractivity contribution is -0.0337. The van der Waals surface area contributed by atoms with Crippen LogP contribution < -0.4 is 20.5 Å². The van der Waals surface area contributed by atoms with E-state index in [1.54, 1.807) is 18.2 Å². The topological polar surface area (TPSA) is 167 Å². The highest BCUT2D eigenvalue weighted by molar-refractivity contribution is 5.97. The summed E-state index contributed by atoms with van der Waals surface area (Å²) in [5.74, 6) is 0.442. The largest absolute Gasteiger partial charge is 0.493 e. The van der Waals surface area contributed by atoms with Crippen molar-refractivity contribution in [2.24, 2.45) is 0 Å². The van der Waals surface area contributed by atoms with Crippen molar-refractivity contribution in [2.45, 2.75) is 24.5 Å². The number of imidazole rings is 1. The van der Waals surface area contributed by atoms with Gasteiger partial charge in [0.05, 0.1) is 26.1 Å². The number of rotatable bonds is 6. The zero-order valence-corrected chi connectivity index (χ0v) is 16.8. The van der Waals surface area contributed by atoms with E-state index >= 15 is 0 Å². The van der Waals surface area contributed by atoms with Crippen LogP contribution in [-0.4, -0.2) is 74.7 Å². The minimum absolute atomic E-state index is 0.0579.